The second-order valence-corrected chi connectivity index (χ2v) is 12.7. The third kappa shape index (κ3) is 3.43. The maximum atomic E-state index is 10.5. The first kappa shape index (κ1) is 22.8. The summed E-state index contributed by atoms with van der Waals surface area (Å²) in [6.07, 6.45) is 14.4. The minimum Gasteiger partial charge on any atom is -0.396 e. The molecule has 2 N–H and O–H groups in total. The molecule has 4 rings (SSSR count). The predicted octanol–water partition coefficient (Wildman–Crippen LogP) is 6.90. The van der Waals surface area contributed by atoms with Crippen molar-refractivity contribution < 1.29 is 10.2 Å². The molecule has 0 radical (unpaired) electrons. The van der Waals surface area contributed by atoms with Crippen molar-refractivity contribution in [1.29, 1.82) is 0 Å². The molecule has 0 aromatic carbocycles. The second-order valence-electron chi connectivity index (χ2n) is 12.7. The number of aliphatic hydroxyl groups excluding tert-OH is 2. The van der Waals surface area contributed by atoms with E-state index >= 15 is 0 Å². The number of rotatable bonds is 6. The standard InChI is InChI=1S/C28H48O2/c1-19(2)7-6-8-20(3)23-9-10-24-22-12-16-28(18-29)17-21(30)11-15-27(28,5)25(22)13-14-26(23,24)4/h19-21,23-24,29-30H,6-18H2,1-5H3/t20-,21-,23-,24+,26-,27-,28-/m1/s1. The van der Waals surface area contributed by atoms with Gasteiger partial charge in [-0.15, -0.1) is 0 Å². The van der Waals surface area contributed by atoms with Crippen LogP contribution in [0.3, 0.4) is 0 Å². The topological polar surface area (TPSA) is 40.5 Å². The second kappa shape index (κ2) is 8.22. The molecule has 7 atom stereocenters. The Labute approximate surface area is 185 Å². The van der Waals surface area contributed by atoms with Crippen molar-refractivity contribution in [3.63, 3.8) is 0 Å². The van der Waals surface area contributed by atoms with E-state index in [1.807, 2.05) is 5.57 Å². The van der Waals surface area contributed by atoms with Gasteiger partial charge in [0, 0.05) is 12.0 Å². The lowest BCUT2D eigenvalue weighted by molar-refractivity contribution is -0.0887. The van der Waals surface area contributed by atoms with Crippen LogP contribution < -0.4 is 0 Å². The van der Waals surface area contributed by atoms with Crippen LogP contribution in [0.5, 0.6) is 0 Å². The maximum absolute atomic E-state index is 10.5. The smallest absolute Gasteiger partial charge is 0.0547 e. The molecule has 0 aromatic rings. The van der Waals surface area contributed by atoms with E-state index in [4.69, 9.17) is 0 Å². The summed E-state index contributed by atoms with van der Waals surface area (Å²) in [4.78, 5) is 0. The number of allylic oxidation sites excluding steroid dienone is 2. The zero-order valence-electron chi connectivity index (χ0n) is 20.5. The van der Waals surface area contributed by atoms with E-state index in [2.05, 4.69) is 34.6 Å². The SMILES string of the molecule is CC(C)CCC[C@@H](C)[C@H]1CC[C@H]2C3=C(CC[C@]12C)[C@@]1(C)CC[C@@H](O)C[C@@]1(CO)CC3. The lowest BCUT2D eigenvalue weighted by atomic mass is 9.45. The van der Waals surface area contributed by atoms with E-state index < -0.39 is 0 Å². The molecule has 0 saturated heterocycles. The molecule has 0 aromatic heterocycles. The summed E-state index contributed by atoms with van der Waals surface area (Å²) in [6.45, 7) is 12.6. The third-order valence-corrected chi connectivity index (χ3v) is 10.9. The molecule has 0 unspecified atom stereocenters. The van der Waals surface area contributed by atoms with Gasteiger partial charge in [0.05, 0.1) is 6.10 Å². The van der Waals surface area contributed by atoms with Crippen LogP contribution in [0.2, 0.25) is 0 Å². The van der Waals surface area contributed by atoms with Crippen LogP contribution >= 0.6 is 0 Å². The lowest BCUT2D eigenvalue weighted by Gasteiger charge is -2.60. The van der Waals surface area contributed by atoms with Gasteiger partial charge in [-0.25, -0.2) is 0 Å². The molecule has 0 spiro atoms. The highest BCUT2D eigenvalue weighted by Gasteiger charge is 2.60. The highest BCUT2D eigenvalue weighted by molar-refractivity contribution is 5.36. The van der Waals surface area contributed by atoms with E-state index in [0.29, 0.717) is 5.41 Å². The molecule has 4 aliphatic carbocycles. The summed E-state index contributed by atoms with van der Waals surface area (Å²) >= 11 is 0. The highest BCUT2D eigenvalue weighted by Crippen LogP contribution is 2.68. The fourth-order valence-electron chi connectivity index (χ4n) is 8.94. The summed E-state index contributed by atoms with van der Waals surface area (Å²) in [5.41, 5.74) is 4.05. The number of hydrogen-bond acceptors (Lipinski definition) is 2. The largest absolute Gasteiger partial charge is 0.396 e. The summed E-state index contributed by atoms with van der Waals surface area (Å²) in [6, 6.07) is 0. The Balaban J connectivity index is 1.58. The van der Waals surface area contributed by atoms with Gasteiger partial charge in [-0.3, -0.25) is 0 Å². The summed E-state index contributed by atoms with van der Waals surface area (Å²) in [5.74, 6) is 3.34. The number of fused-ring (bicyclic) bond motifs is 4. The quantitative estimate of drug-likeness (QED) is 0.463. The van der Waals surface area contributed by atoms with Gasteiger partial charge < -0.3 is 10.2 Å². The Morgan fingerprint density at radius 2 is 1.73 bits per heavy atom. The van der Waals surface area contributed by atoms with Gasteiger partial charge in [0.2, 0.25) is 0 Å². The van der Waals surface area contributed by atoms with Crippen molar-refractivity contribution in [1.82, 2.24) is 0 Å². The van der Waals surface area contributed by atoms with Crippen LogP contribution in [-0.2, 0) is 0 Å². The zero-order chi connectivity index (χ0) is 21.7. The van der Waals surface area contributed by atoms with E-state index in [0.717, 1.165) is 49.4 Å². The van der Waals surface area contributed by atoms with Crippen molar-refractivity contribution >= 4 is 0 Å². The molecular weight excluding hydrogens is 368 g/mol. The van der Waals surface area contributed by atoms with Gasteiger partial charge in [0.15, 0.2) is 0 Å². The van der Waals surface area contributed by atoms with Crippen molar-refractivity contribution in [2.45, 2.75) is 118 Å². The summed E-state index contributed by atoms with van der Waals surface area (Å²) < 4.78 is 0. The number of aliphatic hydroxyl groups is 2. The summed E-state index contributed by atoms with van der Waals surface area (Å²) in [7, 11) is 0. The van der Waals surface area contributed by atoms with Crippen molar-refractivity contribution in [3.05, 3.63) is 11.1 Å². The van der Waals surface area contributed by atoms with E-state index in [1.54, 1.807) is 5.57 Å². The molecule has 0 aliphatic heterocycles. The molecular formula is C28H48O2. The molecule has 4 aliphatic rings. The minimum absolute atomic E-state index is 0.0839. The van der Waals surface area contributed by atoms with Gasteiger partial charge in [-0.05, 0) is 92.3 Å². The Hall–Kier alpha value is -0.340. The lowest BCUT2D eigenvalue weighted by Crippen LogP contribution is -2.54. The van der Waals surface area contributed by atoms with E-state index in [1.165, 1.54) is 51.4 Å². The molecule has 172 valence electrons. The van der Waals surface area contributed by atoms with E-state index in [9.17, 15) is 10.2 Å². The Morgan fingerprint density at radius 3 is 2.43 bits per heavy atom. The van der Waals surface area contributed by atoms with Crippen LogP contribution in [0.25, 0.3) is 0 Å². The molecule has 0 bridgehead atoms. The Kier molecular flexibility index (Phi) is 6.26. The average molecular weight is 417 g/mol. The van der Waals surface area contributed by atoms with Crippen LogP contribution in [0, 0.1) is 39.9 Å². The van der Waals surface area contributed by atoms with Gasteiger partial charge in [-0.2, -0.15) is 0 Å². The van der Waals surface area contributed by atoms with Crippen LogP contribution in [0.15, 0.2) is 11.1 Å². The summed E-state index contributed by atoms with van der Waals surface area (Å²) in [5, 5.41) is 20.9. The van der Waals surface area contributed by atoms with Gasteiger partial charge in [0.25, 0.3) is 0 Å². The van der Waals surface area contributed by atoms with E-state index in [-0.39, 0.29) is 23.5 Å². The Morgan fingerprint density at radius 1 is 0.967 bits per heavy atom. The average Bonchev–Trinajstić information content (AvgIpc) is 3.05. The van der Waals surface area contributed by atoms with Crippen LogP contribution in [0.1, 0.15) is 112 Å². The predicted molar refractivity (Wildman–Crippen MR) is 125 cm³/mol. The van der Waals surface area contributed by atoms with Crippen LogP contribution in [0.4, 0.5) is 0 Å². The minimum atomic E-state index is -0.219. The molecule has 2 heteroatoms. The first-order valence-electron chi connectivity index (χ1n) is 13.2. The highest BCUT2D eigenvalue weighted by atomic mass is 16.3. The first-order valence-corrected chi connectivity index (χ1v) is 13.2. The normalized spacial score (nSPS) is 44.6. The molecule has 2 nitrogen and oxygen atoms in total. The monoisotopic (exact) mass is 416 g/mol. The number of hydrogen-bond donors (Lipinski definition) is 2. The molecule has 2 fully saturated rings. The fourth-order valence-corrected chi connectivity index (χ4v) is 8.94. The zero-order valence-corrected chi connectivity index (χ0v) is 20.5. The third-order valence-electron chi connectivity index (χ3n) is 10.9. The molecule has 0 heterocycles. The Bertz CT molecular complexity index is 666. The molecule has 30 heavy (non-hydrogen) atoms. The van der Waals surface area contributed by atoms with Crippen LogP contribution in [-0.4, -0.2) is 22.9 Å². The van der Waals surface area contributed by atoms with Gasteiger partial charge in [-0.1, -0.05) is 65.0 Å². The van der Waals surface area contributed by atoms with Crippen molar-refractivity contribution in [2.24, 2.45) is 39.9 Å². The molecule has 2 saturated carbocycles. The fraction of sp³-hybridized carbons (Fsp3) is 0.929. The van der Waals surface area contributed by atoms with Crippen molar-refractivity contribution in [3.8, 4) is 0 Å². The van der Waals surface area contributed by atoms with Gasteiger partial charge in [0.1, 0.15) is 0 Å². The maximum Gasteiger partial charge on any atom is 0.0547 e. The van der Waals surface area contributed by atoms with Gasteiger partial charge >= 0.3 is 0 Å². The molecule has 0 amide bonds. The van der Waals surface area contributed by atoms with Crippen molar-refractivity contribution in [2.75, 3.05) is 6.61 Å². The first-order chi connectivity index (χ1) is 14.2.